The van der Waals surface area contributed by atoms with Crippen molar-refractivity contribution in [2.24, 2.45) is 5.92 Å². The van der Waals surface area contributed by atoms with E-state index in [1.807, 2.05) is 0 Å². The molecule has 2 aliphatic rings. The van der Waals surface area contributed by atoms with Crippen molar-refractivity contribution in [1.29, 1.82) is 0 Å². The Kier molecular flexibility index (Phi) is 26.7. The van der Waals surface area contributed by atoms with Crippen LogP contribution in [0.25, 0.3) is 0 Å². The van der Waals surface area contributed by atoms with Crippen LogP contribution in [0.2, 0.25) is 0 Å². The summed E-state index contributed by atoms with van der Waals surface area (Å²) >= 11 is 0. The van der Waals surface area contributed by atoms with E-state index in [0.717, 1.165) is 38.5 Å². The standard InChI is InChI=1S/C41H78O12/c1-3-5-7-9-11-13-15-16-18-20-22-24-26-30(25-23-21-19-17-14-12-10-8-6-4-2)27-33(44)52-39-34(45)31(28-42)51-41(37(39)48)53-38-32(29-43)50-40(49)36(47)35(38)46/h30-32,34-43,45-49H,3-29H2,1-2H3/t30?,31-,32-,34-,35-,36-,37-,38-,39+,40-,41-/m1/s1. The monoisotopic (exact) mass is 763 g/mol. The van der Waals surface area contributed by atoms with Gasteiger partial charge < -0.3 is 54.7 Å². The van der Waals surface area contributed by atoms with Crippen LogP contribution in [0.3, 0.4) is 0 Å². The number of hydrogen-bond donors (Lipinski definition) is 7. The second-order valence-electron chi connectivity index (χ2n) is 15.7. The second-order valence-corrected chi connectivity index (χ2v) is 15.7. The van der Waals surface area contributed by atoms with Gasteiger partial charge in [-0.1, -0.05) is 155 Å². The Balaban J connectivity index is 1.91. The first-order valence-electron chi connectivity index (χ1n) is 21.5. The van der Waals surface area contributed by atoms with Gasteiger partial charge in [0.2, 0.25) is 0 Å². The molecule has 0 aromatic rings. The average molecular weight is 763 g/mol. The van der Waals surface area contributed by atoms with E-state index in [1.54, 1.807) is 0 Å². The smallest absolute Gasteiger partial charge is 0.306 e. The highest BCUT2D eigenvalue weighted by Gasteiger charge is 2.51. The van der Waals surface area contributed by atoms with Crippen LogP contribution in [0.1, 0.15) is 174 Å². The number of unbranched alkanes of at least 4 members (excludes halogenated alkanes) is 20. The van der Waals surface area contributed by atoms with Crippen LogP contribution in [0.15, 0.2) is 0 Å². The Bertz CT molecular complexity index is 893. The minimum absolute atomic E-state index is 0.0993. The van der Waals surface area contributed by atoms with E-state index in [1.165, 1.54) is 116 Å². The number of rotatable bonds is 31. The van der Waals surface area contributed by atoms with Crippen molar-refractivity contribution in [1.82, 2.24) is 0 Å². The normalized spacial score (nSPS) is 29.7. The first kappa shape index (κ1) is 48.2. The molecule has 314 valence electrons. The average Bonchev–Trinajstić information content (AvgIpc) is 3.15. The second kappa shape index (κ2) is 29.3. The van der Waals surface area contributed by atoms with Crippen LogP contribution in [0.4, 0.5) is 0 Å². The Morgan fingerprint density at radius 1 is 0.528 bits per heavy atom. The van der Waals surface area contributed by atoms with Crippen molar-refractivity contribution in [2.45, 2.75) is 236 Å². The maximum absolute atomic E-state index is 13.4. The highest BCUT2D eigenvalue weighted by atomic mass is 16.7. The van der Waals surface area contributed by atoms with Gasteiger partial charge in [-0.2, -0.15) is 0 Å². The zero-order valence-corrected chi connectivity index (χ0v) is 33.1. The topological polar surface area (TPSA) is 196 Å². The Hall–Kier alpha value is -0.930. The molecule has 2 heterocycles. The molecule has 11 atom stereocenters. The van der Waals surface area contributed by atoms with Gasteiger partial charge in [0.1, 0.15) is 42.7 Å². The Morgan fingerprint density at radius 2 is 0.962 bits per heavy atom. The summed E-state index contributed by atoms with van der Waals surface area (Å²) in [5.41, 5.74) is 0. The van der Waals surface area contributed by atoms with E-state index < -0.39 is 80.6 Å². The fraction of sp³-hybridized carbons (Fsp3) is 0.976. The summed E-state index contributed by atoms with van der Waals surface area (Å²) in [7, 11) is 0. The summed E-state index contributed by atoms with van der Waals surface area (Å²) in [4.78, 5) is 13.4. The first-order chi connectivity index (χ1) is 25.7. The predicted molar refractivity (Wildman–Crippen MR) is 203 cm³/mol. The van der Waals surface area contributed by atoms with Crippen molar-refractivity contribution in [2.75, 3.05) is 13.2 Å². The molecule has 0 bridgehead atoms. The van der Waals surface area contributed by atoms with Gasteiger partial charge in [0.25, 0.3) is 0 Å². The van der Waals surface area contributed by atoms with Gasteiger partial charge in [-0.05, 0) is 18.8 Å². The third-order valence-electron chi connectivity index (χ3n) is 11.1. The van der Waals surface area contributed by atoms with Crippen LogP contribution < -0.4 is 0 Å². The molecule has 53 heavy (non-hydrogen) atoms. The molecular weight excluding hydrogens is 684 g/mol. The van der Waals surface area contributed by atoms with Gasteiger partial charge in [0, 0.05) is 6.42 Å². The maximum atomic E-state index is 13.4. The number of carbonyl (C=O) groups is 1. The Labute approximate surface area is 320 Å². The summed E-state index contributed by atoms with van der Waals surface area (Å²) in [5, 5.41) is 72.1. The van der Waals surface area contributed by atoms with Crippen LogP contribution in [-0.4, -0.2) is 116 Å². The molecule has 0 aromatic carbocycles. The van der Waals surface area contributed by atoms with Crippen molar-refractivity contribution in [3.63, 3.8) is 0 Å². The summed E-state index contributed by atoms with van der Waals surface area (Å²) in [6.07, 6.45) is 13.6. The molecule has 2 aliphatic heterocycles. The highest BCUT2D eigenvalue weighted by Crippen LogP contribution is 2.31. The van der Waals surface area contributed by atoms with Gasteiger partial charge >= 0.3 is 5.97 Å². The van der Waals surface area contributed by atoms with Gasteiger partial charge in [-0.3, -0.25) is 4.79 Å². The molecule has 1 unspecified atom stereocenters. The molecular formula is C41H78O12. The summed E-state index contributed by atoms with van der Waals surface area (Å²) in [6, 6.07) is 0. The van der Waals surface area contributed by atoms with E-state index in [-0.39, 0.29) is 12.3 Å². The molecule has 0 aliphatic carbocycles. The van der Waals surface area contributed by atoms with Crippen molar-refractivity contribution in [3.8, 4) is 0 Å². The van der Waals surface area contributed by atoms with Crippen molar-refractivity contribution >= 4 is 5.97 Å². The molecule has 7 N–H and O–H groups in total. The molecule has 12 nitrogen and oxygen atoms in total. The quantitative estimate of drug-likeness (QED) is 0.0344. The maximum Gasteiger partial charge on any atom is 0.306 e. The summed E-state index contributed by atoms with van der Waals surface area (Å²) in [6.45, 7) is 3.10. The molecule has 0 spiro atoms. The van der Waals surface area contributed by atoms with Gasteiger partial charge in [0.05, 0.1) is 13.2 Å². The largest absolute Gasteiger partial charge is 0.456 e. The summed E-state index contributed by atoms with van der Waals surface area (Å²) < 4.78 is 22.1. The summed E-state index contributed by atoms with van der Waals surface area (Å²) in [5.74, 6) is -0.475. The minimum Gasteiger partial charge on any atom is -0.456 e. The first-order valence-corrected chi connectivity index (χ1v) is 21.5. The third kappa shape index (κ3) is 18.7. The molecule has 0 radical (unpaired) electrons. The molecule has 2 saturated heterocycles. The number of ether oxygens (including phenoxy) is 4. The minimum atomic E-state index is -1.77. The van der Waals surface area contributed by atoms with Crippen LogP contribution in [-0.2, 0) is 23.7 Å². The predicted octanol–water partition coefficient (Wildman–Crippen LogP) is 5.56. The third-order valence-corrected chi connectivity index (χ3v) is 11.1. The van der Waals surface area contributed by atoms with Crippen LogP contribution in [0, 0.1) is 5.92 Å². The van der Waals surface area contributed by atoms with E-state index >= 15 is 0 Å². The molecule has 2 fully saturated rings. The number of esters is 1. The molecule has 0 aromatic heterocycles. The van der Waals surface area contributed by atoms with Gasteiger partial charge in [-0.15, -0.1) is 0 Å². The molecule has 2 rings (SSSR count). The Morgan fingerprint density at radius 3 is 1.40 bits per heavy atom. The zero-order valence-electron chi connectivity index (χ0n) is 33.1. The molecule has 12 heteroatoms. The lowest BCUT2D eigenvalue weighted by molar-refractivity contribution is -0.355. The SMILES string of the molecule is CCCCCCCCCCCCCCC(CCCCCCCCCCCC)CC(=O)O[C@@H]1[C@@H](O)[C@@H](O[C@H]2[C@H](O)[C@@H](O)[C@H](O)O[C@@H]2CO)O[C@H](CO)[C@H]1O. The van der Waals surface area contributed by atoms with E-state index in [2.05, 4.69) is 13.8 Å². The highest BCUT2D eigenvalue weighted by molar-refractivity contribution is 5.70. The van der Waals surface area contributed by atoms with Gasteiger partial charge in [0.15, 0.2) is 18.7 Å². The molecule has 0 amide bonds. The lowest BCUT2D eigenvalue weighted by Crippen LogP contribution is -2.65. The van der Waals surface area contributed by atoms with E-state index in [4.69, 9.17) is 18.9 Å². The lowest BCUT2D eigenvalue weighted by atomic mass is 9.91. The van der Waals surface area contributed by atoms with Gasteiger partial charge in [-0.25, -0.2) is 0 Å². The number of hydrogen-bond acceptors (Lipinski definition) is 12. The van der Waals surface area contributed by atoms with Crippen molar-refractivity contribution < 1.29 is 59.5 Å². The number of aliphatic hydroxyl groups is 7. The van der Waals surface area contributed by atoms with Crippen LogP contribution in [0.5, 0.6) is 0 Å². The fourth-order valence-corrected chi connectivity index (χ4v) is 7.67. The van der Waals surface area contributed by atoms with Crippen molar-refractivity contribution in [3.05, 3.63) is 0 Å². The van der Waals surface area contributed by atoms with Crippen LogP contribution >= 0.6 is 0 Å². The van der Waals surface area contributed by atoms with E-state index in [9.17, 15) is 40.5 Å². The fourth-order valence-electron chi connectivity index (χ4n) is 7.67. The lowest BCUT2D eigenvalue weighted by Gasteiger charge is -2.45. The van der Waals surface area contributed by atoms with E-state index in [0.29, 0.717) is 0 Å². The zero-order chi connectivity index (χ0) is 38.8. The molecule has 0 saturated carbocycles. The number of aliphatic hydroxyl groups excluding tert-OH is 7. The number of carbonyl (C=O) groups excluding carboxylic acids is 1.